The SMILES string of the molecule is CCOC(=O)C1(c2ccc(N)nc2)CCC1.CCOC(=O)C1(c2ccc(NC(=O)c3cncc(Cl)c3)nc2)CCC1.NC1CCC(F)(F)CC1.O=C(Nc1ccc(C2(C(=O)NC3CCC(F)(F)CC3)CCC2)cn1)c1cncc(Cl)c1.O=C(Nc1ccc(C2(C(=O)O)CCC2)cn1)c1cncc(Cl)c1.O=C(O)c1cncc(Cl)c1.[Li+].[OH-]. The number of alkyl halides is 4. The largest absolute Gasteiger partial charge is 1.00 e. The van der Waals surface area contributed by atoms with E-state index in [4.69, 9.17) is 72.5 Å². The van der Waals surface area contributed by atoms with Gasteiger partial charge in [-0.05, 0) is 162 Å². The minimum atomic E-state index is -2.62. The molecule has 36 heteroatoms. The number of hydrogen-bond acceptors (Lipinski definition) is 21. The van der Waals surface area contributed by atoms with Gasteiger partial charge in [-0.15, -0.1) is 0 Å². The molecular formula is C80H87Cl4F4LiN14O13. The van der Waals surface area contributed by atoms with E-state index in [1.165, 1.54) is 80.0 Å². The van der Waals surface area contributed by atoms with E-state index < -0.39 is 45.4 Å². The average Bonchev–Trinajstić information content (AvgIpc) is 0.778. The molecule has 11 N–H and O–H groups in total. The quantitative estimate of drug-likeness (QED) is 0.0225. The Balaban J connectivity index is 0.000000200. The monoisotopic (exact) mass is 1670 g/mol. The molecular weight excluding hydrogens is 1590 g/mol. The van der Waals surface area contributed by atoms with E-state index in [2.05, 4.69) is 61.1 Å². The molecule has 4 amide bonds. The molecule has 0 radical (unpaired) electrons. The van der Waals surface area contributed by atoms with E-state index in [0.717, 1.165) is 68.1 Å². The van der Waals surface area contributed by atoms with Gasteiger partial charge in [-0.2, -0.15) is 0 Å². The summed E-state index contributed by atoms with van der Waals surface area (Å²) in [6.07, 6.45) is 28.4. The third-order valence-electron chi connectivity index (χ3n) is 20.7. The fraction of sp³-hybridized carbons (Fsp3) is 0.400. The predicted molar refractivity (Wildman–Crippen MR) is 421 cm³/mol. The third kappa shape index (κ3) is 24.6. The second kappa shape index (κ2) is 42.3. The van der Waals surface area contributed by atoms with Crippen molar-refractivity contribution in [3.8, 4) is 0 Å². The van der Waals surface area contributed by atoms with Crippen LogP contribution in [0.5, 0.6) is 0 Å². The zero-order valence-corrected chi connectivity index (χ0v) is 66.8. The fourth-order valence-corrected chi connectivity index (χ4v) is 14.1. The number of pyridine rings is 8. The van der Waals surface area contributed by atoms with Gasteiger partial charge in [0, 0.05) is 112 Å². The number of nitrogen functional groups attached to an aromatic ring is 1. The van der Waals surface area contributed by atoms with Crippen LogP contribution in [-0.2, 0) is 50.3 Å². The Morgan fingerprint density at radius 2 is 0.750 bits per heavy atom. The summed E-state index contributed by atoms with van der Waals surface area (Å²) in [6, 6.07) is 19.5. The molecule has 8 heterocycles. The molecule has 0 unspecified atom stereocenters. The Hall–Kier alpha value is -9.84. The minimum absolute atomic E-state index is 0. The molecule has 612 valence electrons. The van der Waals surface area contributed by atoms with Gasteiger partial charge in [0.25, 0.3) is 17.7 Å². The van der Waals surface area contributed by atoms with Gasteiger partial charge in [0.05, 0.1) is 77.2 Å². The molecule has 14 rings (SSSR count). The summed E-state index contributed by atoms with van der Waals surface area (Å²) in [5.74, 6) is -6.91. The molecule has 8 aromatic heterocycles. The summed E-state index contributed by atoms with van der Waals surface area (Å²) in [6.45, 7) is 4.40. The number of nitrogens with one attached hydrogen (secondary N) is 4. The minimum Gasteiger partial charge on any atom is -0.870 e. The topological polar surface area (TPSA) is 429 Å². The number of carboxylic acids is 2. The molecule has 27 nitrogen and oxygen atoms in total. The van der Waals surface area contributed by atoms with Crippen LogP contribution in [0, 0.1) is 0 Å². The average molecular weight is 1680 g/mol. The number of aliphatic carboxylic acids is 1. The number of hydrogen-bond donors (Lipinski definition) is 8. The summed E-state index contributed by atoms with van der Waals surface area (Å²) in [5, 5.41) is 30.3. The normalized spacial score (nSPS) is 17.1. The number of carboxylic acid groups (broad SMARTS) is 2. The maximum atomic E-state index is 13.4. The first-order valence-corrected chi connectivity index (χ1v) is 38.4. The van der Waals surface area contributed by atoms with Crippen molar-refractivity contribution in [2.45, 2.75) is 188 Å². The van der Waals surface area contributed by atoms with Gasteiger partial charge in [-0.25, -0.2) is 42.3 Å². The predicted octanol–water partition coefficient (Wildman–Crippen LogP) is 12.2. The molecule has 0 bridgehead atoms. The number of esters is 2. The van der Waals surface area contributed by atoms with Crippen LogP contribution < -0.4 is 51.6 Å². The number of carbonyl (C=O) groups is 8. The molecule has 0 spiro atoms. The van der Waals surface area contributed by atoms with Gasteiger partial charge in [0.1, 0.15) is 23.3 Å². The number of anilines is 4. The summed E-state index contributed by atoms with van der Waals surface area (Å²) in [4.78, 5) is 128. The van der Waals surface area contributed by atoms with E-state index in [0.29, 0.717) is 117 Å². The van der Waals surface area contributed by atoms with Crippen molar-refractivity contribution in [3.63, 3.8) is 0 Å². The molecule has 0 aliphatic heterocycles. The summed E-state index contributed by atoms with van der Waals surface area (Å²) in [7, 11) is 0. The van der Waals surface area contributed by atoms with E-state index in [1.54, 1.807) is 61.9 Å². The fourth-order valence-electron chi connectivity index (χ4n) is 13.4. The second-order valence-corrected chi connectivity index (χ2v) is 30.0. The maximum Gasteiger partial charge on any atom is 1.00 e. The number of aromatic carboxylic acids is 1. The van der Waals surface area contributed by atoms with Gasteiger partial charge < -0.3 is 57.9 Å². The summed E-state index contributed by atoms with van der Waals surface area (Å²) >= 11 is 23.0. The van der Waals surface area contributed by atoms with Crippen molar-refractivity contribution in [1.29, 1.82) is 0 Å². The molecule has 8 aromatic rings. The molecule has 6 fully saturated rings. The maximum absolute atomic E-state index is 13.4. The first-order chi connectivity index (χ1) is 54.3. The van der Waals surface area contributed by atoms with Crippen LogP contribution in [0.3, 0.4) is 0 Å². The molecule has 116 heavy (non-hydrogen) atoms. The zero-order valence-electron chi connectivity index (χ0n) is 63.7. The van der Waals surface area contributed by atoms with Crippen molar-refractivity contribution < 1.29 is 99.9 Å². The molecule has 0 atom stereocenters. The molecule has 6 saturated carbocycles. The second-order valence-electron chi connectivity index (χ2n) is 28.3. The van der Waals surface area contributed by atoms with Crippen LogP contribution in [0.4, 0.5) is 40.8 Å². The van der Waals surface area contributed by atoms with Gasteiger partial charge in [0.15, 0.2) is 0 Å². The summed E-state index contributed by atoms with van der Waals surface area (Å²) in [5.41, 5.74) is 12.6. The molecule has 0 saturated heterocycles. The van der Waals surface area contributed by atoms with Crippen LogP contribution in [0.15, 0.2) is 147 Å². The molecule has 6 aliphatic rings. The molecule has 6 aliphatic carbocycles. The van der Waals surface area contributed by atoms with E-state index in [9.17, 15) is 61.0 Å². The number of halogens is 8. The Morgan fingerprint density at radius 1 is 0.440 bits per heavy atom. The standard InChI is InChI=1S/C22H23ClF2N4O2.C18H18ClN3O3.C16H14ClN3O3.C12H16N2O2.C6H4ClNO2.C6H11F2N.Li.H2O/c23-16-10-14(11-26-13-16)19(30)29-18-3-2-15(12-27-18)21(6-1-7-21)20(31)28-17-4-8-22(24,25)9-5-17;1-2-25-17(24)18(6-3-7-18)13-4-5-15(21-10-13)22-16(23)12-8-14(19)11-20-9-12;17-12-6-10(7-18-9-12)14(21)20-13-3-2-11(8-19-13)16(15(22)23)4-1-5-16;1-2-16-11(15)12(6-3-7-12)9-4-5-10(13)14-8-9;7-5-1-4(6(9)10)2-8-3-5;7-6(8)3-1-5(9)2-4-6;;/h2-3,10-13,17H,1,4-9H2,(H,28,31)(H,27,29,30);4-5,8-11H,2-3,6-7H2,1H3,(H,21,22,23);2-3,6-9H,1,4-5H2,(H,22,23)(H,19,20,21);4-5,8H,2-3,6-7H2,1H3,(H2,13,14);1-3H,(H,9,10);5H,1-4,9H2;;1H2/q;;;;;;+1;/p-1. The first-order valence-electron chi connectivity index (χ1n) is 36.9. The smallest absolute Gasteiger partial charge is 0.870 e. The van der Waals surface area contributed by atoms with Crippen LogP contribution in [-0.4, -0.2) is 140 Å². The van der Waals surface area contributed by atoms with Crippen LogP contribution in [0.25, 0.3) is 0 Å². The van der Waals surface area contributed by atoms with Crippen molar-refractivity contribution in [3.05, 3.63) is 212 Å². The number of ether oxygens (including phenoxy) is 2. The van der Waals surface area contributed by atoms with Gasteiger partial charge in [-0.3, -0.25) is 53.5 Å². The van der Waals surface area contributed by atoms with E-state index >= 15 is 0 Å². The number of nitrogens with zero attached hydrogens (tertiary/aromatic N) is 8. The number of aromatic nitrogens is 8. The van der Waals surface area contributed by atoms with E-state index in [1.807, 2.05) is 19.1 Å². The van der Waals surface area contributed by atoms with E-state index in [-0.39, 0.29) is 116 Å². The van der Waals surface area contributed by atoms with Crippen molar-refractivity contribution in [1.82, 2.24) is 45.2 Å². The number of amides is 4. The van der Waals surface area contributed by atoms with Crippen molar-refractivity contribution in [2.75, 3.05) is 34.9 Å². The number of rotatable bonds is 18. The van der Waals surface area contributed by atoms with Crippen molar-refractivity contribution >= 4 is 117 Å². The summed E-state index contributed by atoms with van der Waals surface area (Å²) < 4.78 is 61.8. The Kier molecular flexibility index (Phi) is 34.1. The van der Waals surface area contributed by atoms with Gasteiger partial charge >= 0.3 is 42.7 Å². The van der Waals surface area contributed by atoms with Gasteiger partial charge in [0.2, 0.25) is 17.8 Å². The zero-order chi connectivity index (χ0) is 82.4. The van der Waals surface area contributed by atoms with Crippen LogP contribution in [0.1, 0.15) is 206 Å². The Morgan fingerprint density at radius 3 is 1.02 bits per heavy atom. The van der Waals surface area contributed by atoms with Crippen LogP contribution >= 0.6 is 46.4 Å². The Labute approximate surface area is 698 Å². The van der Waals surface area contributed by atoms with Gasteiger partial charge in [-0.1, -0.05) is 96.4 Å². The first kappa shape index (κ1) is 93.3. The van der Waals surface area contributed by atoms with Crippen molar-refractivity contribution in [2.24, 2.45) is 5.73 Å². The Bertz CT molecular complexity index is 4670. The van der Waals surface area contributed by atoms with Crippen LogP contribution in [0.2, 0.25) is 20.1 Å². The number of carbonyl (C=O) groups excluding carboxylic acids is 6. The third-order valence-corrected chi connectivity index (χ3v) is 21.5. The molecule has 0 aromatic carbocycles. The number of nitrogens with two attached hydrogens (primary N) is 2.